The summed E-state index contributed by atoms with van der Waals surface area (Å²) in [5.74, 6) is -0.101. The van der Waals surface area contributed by atoms with Crippen LogP contribution in [0.25, 0.3) is 0 Å². The van der Waals surface area contributed by atoms with Crippen LogP contribution >= 0.6 is 0 Å². The van der Waals surface area contributed by atoms with Crippen molar-refractivity contribution in [2.75, 3.05) is 11.9 Å². The van der Waals surface area contributed by atoms with Gasteiger partial charge < -0.3 is 15.4 Å². The van der Waals surface area contributed by atoms with Crippen molar-refractivity contribution in [3.63, 3.8) is 0 Å². The third-order valence-electron chi connectivity index (χ3n) is 5.33. The largest absolute Gasteiger partial charge is 0.438 e. The standard InChI is InChI=1S/C25H31N3O4/c1-5-21(29)27-20-8-6-7-19(13-20)23-22(24(30)26-14-16(2)3)28(25(31)32-23)15-18-11-9-17(4)10-12-18/h6-13,16,22-23H,5,14-15H2,1-4H3,(H,26,30)(H,27,29)/t22-,23-/m0/s1. The van der Waals surface area contributed by atoms with Crippen molar-refractivity contribution in [1.29, 1.82) is 0 Å². The van der Waals surface area contributed by atoms with Crippen molar-refractivity contribution in [3.8, 4) is 0 Å². The van der Waals surface area contributed by atoms with Gasteiger partial charge in [-0.2, -0.15) is 0 Å². The normalized spacial score (nSPS) is 17.9. The van der Waals surface area contributed by atoms with Gasteiger partial charge in [-0.3, -0.25) is 14.5 Å². The first-order valence-corrected chi connectivity index (χ1v) is 11.0. The number of ether oxygens (including phenoxy) is 1. The van der Waals surface area contributed by atoms with Crippen molar-refractivity contribution >= 4 is 23.6 Å². The topological polar surface area (TPSA) is 87.7 Å². The molecule has 2 aromatic carbocycles. The monoisotopic (exact) mass is 437 g/mol. The predicted molar refractivity (Wildman–Crippen MR) is 123 cm³/mol. The molecule has 0 spiro atoms. The van der Waals surface area contributed by atoms with E-state index in [0.717, 1.165) is 11.1 Å². The number of rotatable bonds is 8. The number of carbonyl (C=O) groups is 3. The maximum Gasteiger partial charge on any atom is 0.411 e. The number of anilines is 1. The molecule has 1 fully saturated rings. The molecule has 7 heteroatoms. The summed E-state index contributed by atoms with van der Waals surface area (Å²) in [7, 11) is 0. The second-order valence-electron chi connectivity index (χ2n) is 8.53. The van der Waals surface area contributed by atoms with E-state index in [2.05, 4.69) is 10.6 Å². The zero-order chi connectivity index (χ0) is 23.3. The van der Waals surface area contributed by atoms with E-state index < -0.39 is 18.2 Å². The first-order chi connectivity index (χ1) is 15.3. The van der Waals surface area contributed by atoms with Crippen LogP contribution in [-0.4, -0.2) is 35.4 Å². The number of hydrogen-bond acceptors (Lipinski definition) is 4. The van der Waals surface area contributed by atoms with Gasteiger partial charge in [-0.25, -0.2) is 4.79 Å². The van der Waals surface area contributed by atoms with Crippen LogP contribution in [0.1, 0.15) is 50.0 Å². The van der Waals surface area contributed by atoms with E-state index in [1.165, 1.54) is 4.90 Å². The van der Waals surface area contributed by atoms with Gasteiger partial charge in [0.2, 0.25) is 11.8 Å². The average molecular weight is 438 g/mol. The van der Waals surface area contributed by atoms with Gasteiger partial charge in [0.15, 0.2) is 12.1 Å². The lowest BCUT2D eigenvalue weighted by molar-refractivity contribution is -0.126. The number of amides is 3. The van der Waals surface area contributed by atoms with Crippen LogP contribution in [0.4, 0.5) is 10.5 Å². The minimum absolute atomic E-state index is 0.113. The Balaban J connectivity index is 1.90. The SMILES string of the molecule is CCC(=O)Nc1cccc([C@@H]2OC(=O)N(Cc3ccc(C)cc3)[C@@H]2C(=O)NCC(C)C)c1. The molecule has 2 aromatic rings. The Morgan fingerprint density at radius 3 is 2.50 bits per heavy atom. The summed E-state index contributed by atoms with van der Waals surface area (Å²) in [6.45, 7) is 8.56. The summed E-state index contributed by atoms with van der Waals surface area (Å²) < 4.78 is 5.70. The zero-order valence-corrected chi connectivity index (χ0v) is 19.1. The molecule has 32 heavy (non-hydrogen) atoms. The Bertz CT molecular complexity index is 971. The van der Waals surface area contributed by atoms with Crippen LogP contribution in [0.15, 0.2) is 48.5 Å². The maximum absolute atomic E-state index is 13.2. The number of aryl methyl sites for hydroxylation is 1. The van der Waals surface area contributed by atoms with Crippen LogP contribution in [0.3, 0.4) is 0 Å². The van der Waals surface area contributed by atoms with Gasteiger partial charge in [0, 0.05) is 18.7 Å². The molecule has 1 aliphatic rings. The van der Waals surface area contributed by atoms with E-state index in [4.69, 9.17) is 4.74 Å². The highest BCUT2D eigenvalue weighted by Gasteiger charge is 2.47. The van der Waals surface area contributed by atoms with Crippen LogP contribution in [0, 0.1) is 12.8 Å². The van der Waals surface area contributed by atoms with Gasteiger partial charge in [0.25, 0.3) is 0 Å². The lowest BCUT2D eigenvalue weighted by Gasteiger charge is -2.25. The Morgan fingerprint density at radius 1 is 1.12 bits per heavy atom. The molecule has 0 unspecified atom stereocenters. The maximum atomic E-state index is 13.2. The third-order valence-corrected chi connectivity index (χ3v) is 5.33. The summed E-state index contributed by atoms with van der Waals surface area (Å²) in [5.41, 5.74) is 3.29. The quantitative estimate of drug-likeness (QED) is 0.649. The molecular formula is C25H31N3O4. The lowest BCUT2D eigenvalue weighted by atomic mass is 9.99. The molecule has 170 valence electrons. The van der Waals surface area contributed by atoms with E-state index in [9.17, 15) is 14.4 Å². The van der Waals surface area contributed by atoms with Crippen LogP contribution in [0.5, 0.6) is 0 Å². The fourth-order valence-corrected chi connectivity index (χ4v) is 3.55. The summed E-state index contributed by atoms with van der Waals surface area (Å²) in [6.07, 6.45) is -0.963. The molecule has 0 aliphatic carbocycles. The van der Waals surface area contributed by atoms with Crippen molar-refractivity contribution in [1.82, 2.24) is 10.2 Å². The highest BCUT2D eigenvalue weighted by Crippen LogP contribution is 2.35. The molecule has 2 atom stereocenters. The van der Waals surface area contributed by atoms with Crippen molar-refractivity contribution < 1.29 is 19.1 Å². The zero-order valence-electron chi connectivity index (χ0n) is 19.1. The highest BCUT2D eigenvalue weighted by molar-refractivity contribution is 5.91. The number of cyclic esters (lactones) is 1. The predicted octanol–water partition coefficient (Wildman–Crippen LogP) is 4.18. The molecule has 2 N–H and O–H groups in total. The van der Waals surface area contributed by atoms with Crippen LogP contribution in [-0.2, 0) is 20.9 Å². The Hall–Kier alpha value is -3.35. The smallest absolute Gasteiger partial charge is 0.411 e. The highest BCUT2D eigenvalue weighted by atomic mass is 16.6. The molecule has 3 amide bonds. The molecule has 7 nitrogen and oxygen atoms in total. The molecular weight excluding hydrogens is 406 g/mol. The Labute approximate surface area is 189 Å². The van der Waals surface area contributed by atoms with E-state index in [0.29, 0.717) is 24.2 Å². The summed E-state index contributed by atoms with van der Waals surface area (Å²) >= 11 is 0. The second-order valence-corrected chi connectivity index (χ2v) is 8.53. The molecule has 1 saturated heterocycles. The number of carbonyl (C=O) groups excluding carboxylic acids is 3. The van der Waals surface area contributed by atoms with Gasteiger partial charge in [0.1, 0.15) is 0 Å². The van der Waals surface area contributed by atoms with E-state index in [-0.39, 0.29) is 24.3 Å². The summed E-state index contributed by atoms with van der Waals surface area (Å²) in [4.78, 5) is 39.3. The lowest BCUT2D eigenvalue weighted by Crippen LogP contribution is -2.47. The van der Waals surface area contributed by atoms with Gasteiger partial charge >= 0.3 is 6.09 Å². The van der Waals surface area contributed by atoms with Gasteiger partial charge in [-0.1, -0.05) is 62.7 Å². The fourth-order valence-electron chi connectivity index (χ4n) is 3.55. The summed E-state index contributed by atoms with van der Waals surface area (Å²) in [5, 5.41) is 5.76. The molecule has 1 aliphatic heterocycles. The first kappa shape index (κ1) is 23.3. The van der Waals surface area contributed by atoms with Crippen molar-refractivity contribution in [2.24, 2.45) is 5.92 Å². The number of hydrogen-bond donors (Lipinski definition) is 2. The number of nitrogens with zero attached hydrogens (tertiary/aromatic N) is 1. The Morgan fingerprint density at radius 2 is 1.84 bits per heavy atom. The summed E-state index contributed by atoms with van der Waals surface area (Å²) in [6, 6.07) is 14.1. The molecule has 0 saturated carbocycles. The first-order valence-electron chi connectivity index (χ1n) is 11.0. The molecule has 0 bridgehead atoms. The Kier molecular flexibility index (Phi) is 7.51. The number of benzene rings is 2. The van der Waals surface area contributed by atoms with Crippen LogP contribution in [0.2, 0.25) is 0 Å². The minimum atomic E-state index is -0.820. The second kappa shape index (κ2) is 10.3. The van der Waals surface area contributed by atoms with Gasteiger partial charge in [-0.05, 0) is 36.1 Å². The average Bonchev–Trinajstić information content (AvgIpc) is 3.09. The third kappa shape index (κ3) is 5.66. The van der Waals surface area contributed by atoms with E-state index in [1.54, 1.807) is 31.2 Å². The molecule has 0 radical (unpaired) electrons. The van der Waals surface area contributed by atoms with E-state index >= 15 is 0 Å². The number of nitrogens with one attached hydrogen (secondary N) is 2. The van der Waals surface area contributed by atoms with Crippen LogP contribution < -0.4 is 10.6 Å². The molecule has 1 heterocycles. The van der Waals surface area contributed by atoms with Gasteiger partial charge in [-0.15, -0.1) is 0 Å². The van der Waals surface area contributed by atoms with E-state index in [1.807, 2.05) is 45.0 Å². The van der Waals surface area contributed by atoms with Crippen molar-refractivity contribution in [3.05, 3.63) is 65.2 Å². The molecule has 3 rings (SSSR count). The fraction of sp³-hybridized carbons (Fsp3) is 0.400. The molecule has 0 aromatic heterocycles. The minimum Gasteiger partial charge on any atom is -0.438 e. The van der Waals surface area contributed by atoms with Gasteiger partial charge in [0.05, 0.1) is 6.54 Å². The van der Waals surface area contributed by atoms with Crippen molar-refractivity contribution in [2.45, 2.75) is 52.8 Å².